The van der Waals surface area contributed by atoms with Crippen LogP contribution in [0.1, 0.15) is 49.6 Å². The van der Waals surface area contributed by atoms with E-state index in [9.17, 15) is 14.7 Å². The number of amides is 2. The molecule has 0 aromatic carbocycles. The molecule has 2 N–H and O–H groups in total. The number of furan rings is 1. The van der Waals surface area contributed by atoms with Gasteiger partial charge in [0.05, 0.1) is 12.4 Å². The van der Waals surface area contributed by atoms with Crippen molar-refractivity contribution in [3.05, 3.63) is 24.2 Å². The van der Waals surface area contributed by atoms with Crippen LogP contribution in [0.25, 0.3) is 0 Å². The second kappa shape index (κ2) is 7.98. The molecule has 6 heteroatoms. The average molecular weight is 308 g/mol. The van der Waals surface area contributed by atoms with Crippen LogP contribution in [0.4, 0.5) is 0 Å². The van der Waals surface area contributed by atoms with Gasteiger partial charge in [-0.1, -0.05) is 13.3 Å². The molecule has 0 spiro atoms. The SMILES string of the molecule is CCCC(O)CNC(=O)C1CCCCN1C(=O)c1ccco1. The lowest BCUT2D eigenvalue weighted by Crippen LogP contribution is -2.52. The van der Waals surface area contributed by atoms with E-state index >= 15 is 0 Å². The van der Waals surface area contributed by atoms with E-state index in [1.54, 1.807) is 17.0 Å². The fourth-order valence-corrected chi connectivity index (χ4v) is 2.76. The molecular weight excluding hydrogens is 284 g/mol. The Bertz CT molecular complexity index is 486. The highest BCUT2D eigenvalue weighted by atomic mass is 16.3. The van der Waals surface area contributed by atoms with Gasteiger partial charge in [0.15, 0.2) is 5.76 Å². The lowest BCUT2D eigenvalue weighted by molar-refractivity contribution is -0.127. The van der Waals surface area contributed by atoms with E-state index in [0.29, 0.717) is 19.4 Å². The molecule has 6 nitrogen and oxygen atoms in total. The molecule has 1 aliphatic rings. The van der Waals surface area contributed by atoms with E-state index in [-0.39, 0.29) is 24.1 Å². The van der Waals surface area contributed by atoms with Crippen LogP contribution in [0.5, 0.6) is 0 Å². The highest BCUT2D eigenvalue weighted by molar-refractivity contribution is 5.95. The van der Waals surface area contributed by atoms with Gasteiger partial charge in [0, 0.05) is 13.1 Å². The van der Waals surface area contributed by atoms with E-state index in [0.717, 1.165) is 19.3 Å². The number of nitrogens with one attached hydrogen (secondary N) is 1. The molecule has 2 atom stereocenters. The van der Waals surface area contributed by atoms with Crippen molar-refractivity contribution in [1.29, 1.82) is 0 Å². The Morgan fingerprint density at radius 3 is 3.00 bits per heavy atom. The number of carbonyl (C=O) groups excluding carboxylic acids is 2. The van der Waals surface area contributed by atoms with Crippen molar-refractivity contribution in [3.8, 4) is 0 Å². The first-order valence-electron chi connectivity index (χ1n) is 7.93. The fourth-order valence-electron chi connectivity index (χ4n) is 2.76. The first-order chi connectivity index (χ1) is 10.6. The van der Waals surface area contributed by atoms with Crippen LogP contribution >= 0.6 is 0 Å². The molecule has 0 saturated carbocycles. The molecule has 0 bridgehead atoms. The van der Waals surface area contributed by atoms with Gasteiger partial charge in [-0.15, -0.1) is 0 Å². The molecule has 2 unspecified atom stereocenters. The summed E-state index contributed by atoms with van der Waals surface area (Å²) in [5.74, 6) is -0.195. The first kappa shape index (κ1) is 16.5. The van der Waals surface area contributed by atoms with Crippen molar-refractivity contribution in [3.63, 3.8) is 0 Å². The molecule has 1 aromatic heterocycles. The molecule has 1 aliphatic heterocycles. The van der Waals surface area contributed by atoms with Gasteiger partial charge >= 0.3 is 0 Å². The van der Waals surface area contributed by atoms with Gasteiger partial charge in [0.2, 0.25) is 5.91 Å². The number of piperidine rings is 1. The second-order valence-corrected chi connectivity index (χ2v) is 5.68. The van der Waals surface area contributed by atoms with E-state index in [1.807, 2.05) is 6.92 Å². The largest absolute Gasteiger partial charge is 0.459 e. The summed E-state index contributed by atoms with van der Waals surface area (Å²) in [6.07, 6.45) is 4.87. The highest BCUT2D eigenvalue weighted by Gasteiger charge is 2.33. The summed E-state index contributed by atoms with van der Waals surface area (Å²) in [4.78, 5) is 26.3. The van der Waals surface area contributed by atoms with Crippen LogP contribution in [0, 0.1) is 0 Å². The zero-order valence-electron chi connectivity index (χ0n) is 13.0. The first-order valence-corrected chi connectivity index (χ1v) is 7.93. The number of aliphatic hydroxyl groups is 1. The molecule has 122 valence electrons. The van der Waals surface area contributed by atoms with Crippen LogP contribution in [-0.4, -0.2) is 47.1 Å². The third kappa shape index (κ3) is 4.10. The van der Waals surface area contributed by atoms with E-state index in [2.05, 4.69) is 5.32 Å². The molecule has 0 aliphatic carbocycles. The van der Waals surface area contributed by atoms with Crippen LogP contribution in [0.2, 0.25) is 0 Å². The maximum absolute atomic E-state index is 12.4. The maximum Gasteiger partial charge on any atom is 0.290 e. The van der Waals surface area contributed by atoms with E-state index in [1.165, 1.54) is 6.26 Å². The molecule has 22 heavy (non-hydrogen) atoms. The van der Waals surface area contributed by atoms with Crippen LogP contribution in [0.15, 0.2) is 22.8 Å². The summed E-state index contributed by atoms with van der Waals surface area (Å²) >= 11 is 0. The predicted octanol–water partition coefficient (Wildman–Crippen LogP) is 1.55. The zero-order valence-corrected chi connectivity index (χ0v) is 13.0. The molecular formula is C16H24N2O4. The van der Waals surface area contributed by atoms with E-state index in [4.69, 9.17) is 4.42 Å². The van der Waals surface area contributed by atoms with Gasteiger partial charge in [-0.25, -0.2) is 0 Å². The summed E-state index contributed by atoms with van der Waals surface area (Å²) in [6, 6.07) is 2.78. The highest BCUT2D eigenvalue weighted by Crippen LogP contribution is 2.20. The van der Waals surface area contributed by atoms with Gasteiger partial charge in [-0.3, -0.25) is 9.59 Å². The van der Waals surface area contributed by atoms with Gasteiger partial charge in [-0.2, -0.15) is 0 Å². The van der Waals surface area contributed by atoms with Crippen LogP contribution in [-0.2, 0) is 4.79 Å². The maximum atomic E-state index is 12.4. The lowest BCUT2D eigenvalue weighted by atomic mass is 10.0. The van der Waals surface area contributed by atoms with Gasteiger partial charge in [0.25, 0.3) is 5.91 Å². The van der Waals surface area contributed by atoms with Crippen molar-refractivity contribution in [2.75, 3.05) is 13.1 Å². The Morgan fingerprint density at radius 1 is 1.50 bits per heavy atom. The summed E-state index contributed by atoms with van der Waals surface area (Å²) < 4.78 is 5.14. The topological polar surface area (TPSA) is 82.8 Å². The van der Waals surface area contributed by atoms with Crippen LogP contribution < -0.4 is 5.32 Å². The quantitative estimate of drug-likeness (QED) is 0.835. The fraction of sp³-hybridized carbons (Fsp3) is 0.625. The minimum absolute atomic E-state index is 0.199. The molecule has 1 fully saturated rings. The number of carbonyl (C=O) groups is 2. The van der Waals surface area contributed by atoms with Gasteiger partial charge in [0.1, 0.15) is 6.04 Å². The molecule has 2 amide bonds. The van der Waals surface area contributed by atoms with Crippen molar-refractivity contribution in [2.45, 2.75) is 51.2 Å². The van der Waals surface area contributed by atoms with Crippen molar-refractivity contribution >= 4 is 11.8 Å². The average Bonchev–Trinajstić information content (AvgIpc) is 3.06. The van der Waals surface area contributed by atoms with E-state index < -0.39 is 12.1 Å². The summed E-state index contributed by atoms with van der Waals surface area (Å²) in [5.41, 5.74) is 0. The molecule has 2 heterocycles. The zero-order chi connectivity index (χ0) is 15.9. The van der Waals surface area contributed by atoms with Crippen molar-refractivity contribution in [1.82, 2.24) is 10.2 Å². The monoisotopic (exact) mass is 308 g/mol. The minimum Gasteiger partial charge on any atom is -0.459 e. The Hall–Kier alpha value is -1.82. The van der Waals surface area contributed by atoms with Crippen molar-refractivity contribution in [2.24, 2.45) is 0 Å². The van der Waals surface area contributed by atoms with Gasteiger partial charge < -0.3 is 19.7 Å². The second-order valence-electron chi connectivity index (χ2n) is 5.68. The summed E-state index contributed by atoms with van der Waals surface area (Å²) in [5, 5.41) is 12.5. The number of hydrogen-bond donors (Lipinski definition) is 2. The molecule has 0 radical (unpaired) electrons. The lowest BCUT2D eigenvalue weighted by Gasteiger charge is -2.34. The third-order valence-electron chi connectivity index (χ3n) is 3.93. The summed E-state index contributed by atoms with van der Waals surface area (Å²) in [7, 11) is 0. The predicted molar refractivity (Wildman–Crippen MR) is 81.3 cm³/mol. The van der Waals surface area contributed by atoms with Crippen LogP contribution in [0.3, 0.4) is 0 Å². The molecule has 2 rings (SSSR count). The van der Waals surface area contributed by atoms with Crippen molar-refractivity contribution < 1.29 is 19.1 Å². The summed E-state index contributed by atoms with van der Waals surface area (Å²) in [6.45, 7) is 2.76. The standard InChI is InChI=1S/C16H24N2O4/c1-2-6-12(19)11-17-15(20)13-7-3-4-9-18(13)16(21)14-8-5-10-22-14/h5,8,10,12-13,19H,2-4,6-7,9,11H2,1H3,(H,17,20). The Labute approximate surface area is 130 Å². The van der Waals surface area contributed by atoms with Gasteiger partial charge in [-0.05, 0) is 37.8 Å². The Morgan fingerprint density at radius 2 is 2.32 bits per heavy atom. The number of hydrogen-bond acceptors (Lipinski definition) is 4. The molecule has 1 aromatic rings. The third-order valence-corrected chi connectivity index (χ3v) is 3.93. The number of nitrogens with zero attached hydrogens (tertiary/aromatic N) is 1. The Balaban J connectivity index is 1.97. The number of likely N-dealkylation sites (tertiary alicyclic amines) is 1. The number of aliphatic hydroxyl groups excluding tert-OH is 1. The molecule has 1 saturated heterocycles. The normalized spacial score (nSPS) is 19.7. The Kier molecular flexibility index (Phi) is 6.00. The number of rotatable bonds is 6. The smallest absolute Gasteiger partial charge is 0.290 e. The minimum atomic E-state index is -0.535.